The highest BCUT2D eigenvalue weighted by Gasteiger charge is 2.29. The summed E-state index contributed by atoms with van der Waals surface area (Å²) in [5.74, 6) is 0.378. The Kier molecular flexibility index (Phi) is 2.90. The quantitative estimate of drug-likeness (QED) is 0.814. The van der Waals surface area contributed by atoms with Crippen molar-refractivity contribution in [3.8, 4) is 0 Å². The van der Waals surface area contributed by atoms with Crippen molar-refractivity contribution in [2.45, 2.75) is 17.2 Å². The summed E-state index contributed by atoms with van der Waals surface area (Å²) in [6, 6.07) is 6.75. The molecule has 0 fully saturated rings. The number of halogens is 1. The fourth-order valence-corrected chi connectivity index (χ4v) is 2.79. The minimum atomic E-state index is -3.43. The smallest absolute Gasteiger partial charge is 0.263 e. The van der Waals surface area contributed by atoms with Gasteiger partial charge < -0.3 is 0 Å². The number of nitrogens with one attached hydrogen (secondary N) is 1. The molecule has 86 valence electrons. The van der Waals surface area contributed by atoms with Gasteiger partial charge in [-0.05, 0) is 19.1 Å². The van der Waals surface area contributed by atoms with Crippen molar-refractivity contribution < 1.29 is 8.42 Å². The van der Waals surface area contributed by atoms with E-state index in [1.165, 1.54) is 0 Å². The number of hydrogen-bond donors (Lipinski definition) is 1. The normalized spacial score (nSPS) is 21.5. The van der Waals surface area contributed by atoms with E-state index in [2.05, 4.69) is 9.71 Å². The van der Waals surface area contributed by atoms with E-state index in [-0.39, 0.29) is 10.3 Å². The monoisotopic (exact) mass is 258 g/mol. The summed E-state index contributed by atoms with van der Waals surface area (Å²) >= 11 is 5.77. The molecule has 1 aromatic carbocycles. The molecule has 0 spiro atoms. The van der Waals surface area contributed by atoms with Crippen LogP contribution in [0.4, 0.5) is 0 Å². The van der Waals surface area contributed by atoms with Gasteiger partial charge in [0.2, 0.25) is 0 Å². The van der Waals surface area contributed by atoms with Crippen molar-refractivity contribution in [3.63, 3.8) is 0 Å². The van der Waals surface area contributed by atoms with E-state index in [9.17, 15) is 8.42 Å². The highest BCUT2D eigenvalue weighted by molar-refractivity contribution is 7.90. The van der Waals surface area contributed by atoms with Crippen molar-refractivity contribution in [1.29, 1.82) is 0 Å². The molecule has 2 rings (SSSR count). The van der Waals surface area contributed by atoms with Crippen LogP contribution in [0, 0.1) is 0 Å². The van der Waals surface area contributed by atoms with Crippen LogP contribution < -0.4 is 4.72 Å². The first-order valence-corrected chi connectivity index (χ1v) is 6.73. The third-order valence-electron chi connectivity index (χ3n) is 2.16. The van der Waals surface area contributed by atoms with Crippen LogP contribution in [0.5, 0.6) is 0 Å². The maximum Gasteiger partial charge on any atom is 0.263 e. The summed E-state index contributed by atoms with van der Waals surface area (Å²) in [6.45, 7) is 2.19. The molecule has 1 aromatic rings. The molecule has 0 aromatic heterocycles. The molecule has 6 heteroatoms. The van der Waals surface area contributed by atoms with Crippen LogP contribution in [-0.2, 0) is 10.0 Å². The second-order valence-corrected chi connectivity index (χ2v) is 5.97. The van der Waals surface area contributed by atoms with Gasteiger partial charge in [-0.3, -0.25) is 9.71 Å². The molecule has 0 radical (unpaired) electrons. The molecule has 4 nitrogen and oxygen atoms in total. The first-order chi connectivity index (χ1) is 7.50. The number of hydrogen-bond acceptors (Lipinski definition) is 3. The van der Waals surface area contributed by atoms with Crippen LogP contribution >= 0.6 is 11.6 Å². The lowest BCUT2D eigenvalue weighted by atomic mass is 10.2. The Hall–Kier alpha value is -1.07. The minimum Gasteiger partial charge on any atom is -0.266 e. The number of sulfonamides is 1. The summed E-state index contributed by atoms with van der Waals surface area (Å²) in [6.07, 6.45) is 0. The maximum atomic E-state index is 11.7. The first-order valence-electron chi connectivity index (χ1n) is 4.81. The molecule has 0 amide bonds. The lowest BCUT2D eigenvalue weighted by Gasteiger charge is -2.00. The maximum absolute atomic E-state index is 11.7. The van der Waals surface area contributed by atoms with Gasteiger partial charge >= 0.3 is 0 Å². The largest absolute Gasteiger partial charge is 0.266 e. The Bertz CT molecular complexity index is 538. The zero-order valence-corrected chi connectivity index (χ0v) is 10.2. The number of alkyl halides is 1. The molecule has 0 bridgehead atoms. The second-order valence-electron chi connectivity index (χ2n) is 3.57. The predicted molar refractivity (Wildman–Crippen MR) is 63.5 cm³/mol. The minimum absolute atomic E-state index is 0.121. The predicted octanol–water partition coefficient (Wildman–Crippen LogP) is 1.35. The van der Waals surface area contributed by atoms with Crippen molar-refractivity contribution >= 4 is 27.5 Å². The van der Waals surface area contributed by atoms with E-state index >= 15 is 0 Å². The Balaban J connectivity index is 2.45. The molecular formula is C10H11ClN2O2S. The van der Waals surface area contributed by atoms with Crippen LogP contribution in [0.3, 0.4) is 0 Å². The first kappa shape index (κ1) is 11.4. The zero-order valence-electron chi connectivity index (χ0n) is 8.64. The van der Waals surface area contributed by atoms with Gasteiger partial charge in [-0.25, -0.2) is 8.42 Å². The van der Waals surface area contributed by atoms with Crippen LogP contribution in [0.2, 0.25) is 0 Å². The molecule has 1 aliphatic rings. The summed E-state index contributed by atoms with van der Waals surface area (Å²) in [7, 11) is -3.43. The van der Waals surface area contributed by atoms with E-state index in [1.54, 1.807) is 31.2 Å². The van der Waals surface area contributed by atoms with Gasteiger partial charge in [0.15, 0.2) is 0 Å². The molecule has 1 N–H and O–H groups in total. The second kappa shape index (κ2) is 4.07. The third kappa shape index (κ3) is 2.05. The van der Waals surface area contributed by atoms with Gasteiger partial charge in [0.1, 0.15) is 5.84 Å². The standard InChI is InChI=1S/C10H11ClN2O2S/c1-7(11)6-12-10-8-4-2-3-5-9(8)16(14,15)13-10/h2-5,7H,6H2,1H3,(H,12,13). The van der Waals surface area contributed by atoms with Crippen molar-refractivity contribution in [3.05, 3.63) is 29.8 Å². The van der Waals surface area contributed by atoms with Gasteiger partial charge in [0.25, 0.3) is 10.0 Å². The number of benzene rings is 1. The van der Waals surface area contributed by atoms with Gasteiger partial charge in [0.05, 0.1) is 16.8 Å². The molecule has 0 saturated carbocycles. The summed E-state index contributed by atoms with van der Waals surface area (Å²) < 4.78 is 25.8. The number of nitrogens with zero attached hydrogens (tertiary/aromatic N) is 1. The highest BCUT2D eigenvalue weighted by Crippen LogP contribution is 2.22. The molecule has 0 aliphatic carbocycles. The van der Waals surface area contributed by atoms with Crippen LogP contribution in [0.1, 0.15) is 12.5 Å². The summed E-state index contributed by atoms with van der Waals surface area (Å²) in [4.78, 5) is 4.43. The van der Waals surface area contributed by atoms with Crippen LogP contribution in [-0.4, -0.2) is 26.2 Å². The molecule has 16 heavy (non-hydrogen) atoms. The molecule has 1 aliphatic heterocycles. The Morgan fingerprint density at radius 2 is 2.12 bits per heavy atom. The number of amidine groups is 1. The molecule has 1 unspecified atom stereocenters. The average molecular weight is 259 g/mol. The molecular weight excluding hydrogens is 248 g/mol. The van der Waals surface area contributed by atoms with E-state index in [1.807, 2.05) is 0 Å². The number of rotatable bonds is 2. The van der Waals surface area contributed by atoms with E-state index in [4.69, 9.17) is 11.6 Å². The lowest BCUT2D eigenvalue weighted by Crippen LogP contribution is -2.23. The Morgan fingerprint density at radius 3 is 2.81 bits per heavy atom. The Labute approximate surface area is 99.4 Å². The Morgan fingerprint density at radius 1 is 1.44 bits per heavy atom. The van der Waals surface area contributed by atoms with Crippen molar-refractivity contribution in [2.24, 2.45) is 4.99 Å². The highest BCUT2D eigenvalue weighted by atomic mass is 35.5. The number of fused-ring (bicyclic) bond motifs is 1. The van der Waals surface area contributed by atoms with Gasteiger partial charge in [-0.2, -0.15) is 0 Å². The van der Waals surface area contributed by atoms with Crippen LogP contribution in [0.25, 0.3) is 0 Å². The number of aliphatic imine (C=N–C) groups is 1. The van der Waals surface area contributed by atoms with Gasteiger partial charge in [-0.1, -0.05) is 12.1 Å². The fraction of sp³-hybridized carbons (Fsp3) is 0.300. The lowest BCUT2D eigenvalue weighted by molar-refractivity contribution is 0.595. The van der Waals surface area contributed by atoms with Gasteiger partial charge in [0, 0.05) is 5.56 Å². The van der Waals surface area contributed by atoms with Gasteiger partial charge in [-0.15, -0.1) is 11.6 Å². The van der Waals surface area contributed by atoms with E-state index in [0.717, 1.165) is 0 Å². The third-order valence-corrected chi connectivity index (χ3v) is 3.70. The van der Waals surface area contributed by atoms with Crippen molar-refractivity contribution in [1.82, 2.24) is 4.72 Å². The summed E-state index contributed by atoms with van der Waals surface area (Å²) in [5.41, 5.74) is 0.611. The van der Waals surface area contributed by atoms with E-state index in [0.29, 0.717) is 17.9 Å². The average Bonchev–Trinajstić information content (AvgIpc) is 2.49. The van der Waals surface area contributed by atoms with Crippen molar-refractivity contribution in [2.75, 3.05) is 6.54 Å². The summed E-state index contributed by atoms with van der Waals surface area (Å²) in [5, 5.41) is -0.121. The zero-order chi connectivity index (χ0) is 11.8. The molecule has 1 heterocycles. The SMILES string of the molecule is CC(Cl)CN=C1NS(=O)(=O)c2ccccc21. The fourth-order valence-electron chi connectivity index (χ4n) is 1.47. The van der Waals surface area contributed by atoms with Crippen LogP contribution in [0.15, 0.2) is 34.2 Å². The molecule has 0 saturated heterocycles. The molecule has 1 atom stereocenters. The topological polar surface area (TPSA) is 58.5 Å². The van der Waals surface area contributed by atoms with E-state index < -0.39 is 10.0 Å².